The fourth-order valence-corrected chi connectivity index (χ4v) is 2.47. The highest BCUT2D eigenvalue weighted by Crippen LogP contribution is 2.20. The Kier molecular flexibility index (Phi) is 5.43. The number of fused-ring (bicyclic) bond motifs is 1. The van der Waals surface area contributed by atoms with Gasteiger partial charge >= 0.3 is 0 Å². The molecule has 0 radical (unpaired) electrons. The molecule has 0 aliphatic rings. The van der Waals surface area contributed by atoms with Crippen LogP contribution in [0.15, 0.2) is 57.9 Å². The molecule has 0 bridgehead atoms. The maximum absolute atomic E-state index is 12.0. The molecule has 0 saturated heterocycles. The standard InChI is InChI=1S/C19H16ClNO5/c1-2-24-13-5-3-12(4-6-13)21-18(22)11-25-14-7-8-15-17(9-14)26-10-16(20)19(15)23/h3-10H,2,11H2,1H3,(H,21,22). The molecule has 26 heavy (non-hydrogen) atoms. The zero-order valence-corrected chi connectivity index (χ0v) is 14.7. The Bertz CT molecular complexity index is 981. The zero-order valence-electron chi connectivity index (χ0n) is 14.0. The molecule has 0 spiro atoms. The molecule has 1 aromatic heterocycles. The smallest absolute Gasteiger partial charge is 0.262 e. The molecule has 2 aromatic carbocycles. The van der Waals surface area contributed by atoms with Gasteiger partial charge in [-0.3, -0.25) is 9.59 Å². The minimum atomic E-state index is -0.313. The molecule has 0 aliphatic heterocycles. The first kappa shape index (κ1) is 17.8. The molecule has 1 N–H and O–H groups in total. The van der Waals surface area contributed by atoms with Gasteiger partial charge in [-0.05, 0) is 43.3 Å². The van der Waals surface area contributed by atoms with Gasteiger partial charge < -0.3 is 19.2 Å². The van der Waals surface area contributed by atoms with Crippen LogP contribution in [0.25, 0.3) is 11.0 Å². The third-order valence-corrected chi connectivity index (χ3v) is 3.78. The Morgan fingerprint density at radius 2 is 1.85 bits per heavy atom. The molecular formula is C19H16ClNO5. The molecule has 3 rings (SSSR count). The van der Waals surface area contributed by atoms with Crippen LogP contribution in [0.2, 0.25) is 5.02 Å². The lowest BCUT2D eigenvalue weighted by atomic mass is 10.2. The third-order valence-electron chi connectivity index (χ3n) is 3.52. The van der Waals surface area contributed by atoms with E-state index in [1.54, 1.807) is 36.4 Å². The first-order valence-corrected chi connectivity index (χ1v) is 8.31. The van der Waals surface area contributed by atoms with Gasteiger partial charge in [-0.2, -0.15) is 0 Å². The van der Waals surface area contributed by atoms with Crippen LogP contribution < -0.4 is 20.2 Å². The largest absolute Gasteiger partial charge is 0.494 e. The Morgan fingerprint density at radius 3 is 2.58 bits per heavy atom. The van der Waals surface area contributed by atoms with Crippen molar-refractivity contribution in [2.75, 3.05) is 18.5 Å². The number of amides is 1. The van der Waals surface area contributed by atoms with Gasteiger partial charge in [0, 0.05) is 11.8 Å². The molecular weight excluding hydrogens is 358 g/mol. The molecule has 0 saturated carbocycles. The van der Waals surface area contributed by atoms with Crippen molar-refractivity contribution in [2.24, 2.45) is 0 Å². The minimum absolute atomic E-state index is 0.0147. The van der Waals surface area contributed by atoms with Crippen LogP contribution in [0.1, 0.15) is 6.92 Å². The monoisotopic (exact) mass is 373 g/mol. The number of rotatable bonds is 6. The summed E-state index contributed by atoms with van der Waals surface area (Å²) in [6.45, 7) is 2.30. The Labute approximate surface area is 154 Å². The molecule has 0 unspecified atom stereocenters. The molecule has 0 aliphatic carbocycles. The lowest BCUT2D eigenvalue weighted by Gasteiger charge is -2.09. The number of halogens is 1. The second kappa shape index (κ2) is 7.93. The van der Waals surface area contributed by atoms with Gasteiger partial charge in [0.05, 0.1) is 12.0 Å². The third kappa shape index (κ3) is 4.15. The van der Waals surface area contributed by atoms with Crippen molar-refractivity contribution in [3.05, 3.63) is 64.0 Å². The lowest BCUT2D eigenvalue weighted by Crippen LogP contribution is -2.20. The van der Waals surface area contributed by atoms with E-state index in [4.69, 9.17) is 25.5 Å². The van der Waals surface area contributed by atoms with Gasteiger partial charge in [-0.15, -0.1) is 0 Å². The Hall–Kier alpha value is -2.99. The van der Waals surface area contributed by atoms with Crippen molar-refractivity contribution in [3.63, 3.8) is 0 Å². The van der Waals surface area contributed by atoms with Crippen molar-refractivity contribution >= 4 is 34.2 Å². The summed E-state index contributed by atoms with van der Waals surface area (Å²) in [5, 5.41) is 3.09. The molecule has 1 heterocycles. The average Bonchev–Trinajstić information content (AvgIpc) is 2.65. The quantitative estimate of drug-likeness (QED) is 0.709. The normalized spacial score (nSPS) is 10.5. The summed E-state index contributed by atoms with van der Waals surface area (Å²) < 4.78 is 16.1. The summed E-state index contributed by atoms with van der Waals surface area (Å²) in [6, 6.07) is 11.7. The number of anilines is 1. The van der Waals surface area contributed by atoms with E-state index >= 15 is 0 Å². The summed E-state index contributed by atoms with van der Waals surface area (Å²) in [5.41, 5.74) is 0.665. The van der Waals surface area contributed by atoms with Crippen molar-refractivity contribution in [1.29, 1.82) is 0 Å². The van der Waals surface area contributed by atoms with E-state index in [1.807, 2.05) is 6.92 Å². The van der Waals surface area contributed by atoms with E-state index < -0.39 is 0 Å². The number of ether oxygens (including phenoxy) is 2. The highest BCUT2D eigenvalue weighted by molar-refractivity contribution is 6.30. The van der Waals surface area contributed by atoms with Crippen LogP contribution in [0.5, 0.6) is 11.5 Å². The van der Waals surface area contributed by atoms with Crippen LogP contribution in [-0.4, -0.2) is 19.1 Å². The maximum atomic E-state index is 12.0. The number of nitrogens with one attached hydrogen (secondary N) is 1. The van der Waals surface area contributed by atoms with E-state index in [2.05, 4.69) is 5.32 Å². The van der Waals surface area contributed by atoms with E-state index in [1.165, 1.54) is 12.3 Å². The van der Waals surface area contributed by atoms with Gasteiger partial charge in [0.2, 0.25) is 5.43 Å². The summed E-state index contributed by atoms with van der Waals surface area (Å²) in [5.74, 6) is 0.830. The molecule has 7 heteroatoms. The van der Waals surface area contributed by atoms with Crippen molar-refractivity contribution < 1.29 is 18.7 Å². The SMILES string of the molecule is CCOc1ccc(NC(=O)COc2ccc3c(=O)c(Cl)coc3c2)cc1. The van der Waals surface area contributed by atoms with Crippen LogP contribution >= 0.6 is 11.6 Å². The number of carbonyl (C=O) groups is 1. The fraction of sp³-hybridized carbons (Fsp3) is 0.158. The topological polar surface area (TPSA) is 77.8 Å². The van der Waals surface area contributed by atoms with E-state index in [9.17, 15) is 9.59 Å². The first-order valence-electron chi connectivity index (χ1n) is 7.93. The van der Waals surface area contributed by atoms with Crippen LogP contribution in [0.4, 0.5) is 5.69 Å². The summed E-state index contributed by atoms with van der Waals surface area (Å²) in [4.78, 5) is 23.9. The van der Waals surface area contributed by atoms with E-state index in [0.717, 1.165) is 5.75 Å². The number of carbonyl (C=O) groups excluding carboxylic acids is 1. The number of benzene rings is 2. The van der Waals surface area contributed by atoms with E-state index in [0.29, 0.717) is 29.0 Å². The molecule has 0 atom stereocenters. The van der Waals surface area contributed by atoms with Gasteiger partial charge in [-0.25, -0.2) is 0 Å². The van der Waals surface area contributed by atoms with Gasteiger partial charge in [0.1, 0.15) is 28.4 Å². The summed E-state index contributed by atoms with van der Waals surface area (Å²) >= 11 is 5.74. The highest BCUT2D eigenvalue weighted by Gasteiger charge is 2.08. The highest BCUT2D eigenvalue weighted by atomic mass is 35.5. The molecule has 0 fully saturated rings. The Morgan fingerprint density at radius 1 is 1.12 bits per heavy atom. The number of hydrogen-bond donors (Lipinski definition) is 1. The van der Waals surface area contributed by atoms with Crippen LogP contribution in [-0.2, 0) is 4.79 Å². The average molecular weight is 374 g/mol. The van der Waals surface area contributed by atoms with Crippen LogP contribution in [0, 0.1) is 0 Å². The molecule has 6 nitrogen and oxygen atoms in total. The maximum Gasteiger partial charge on any atom is 0.262 e. The lowest BCUT2D eigenvalue weighted by molar-refractivity contribution is -0.118. The molecule has 134 valence electrons. The predicted molar refractivity (Wildman–Crippen MR) is 99.2 cm³/mol. The fourth-order valence-electron chi connectivity index (χ4n) is 2.32. The molecule has 3 aromatic rings. The first-order chi connectivity index (χ1) is 12.6. The van der Waals surface area contributed by atoms with Gasteiger partial charge in [-0.1, -0.05) is 11.6 Å². The zero-order chi connectivity index (χ0) is 18.5. The minimum Gasteiger partial charge on any atom is -0.494 e. The van der Waals surface area contributed by atoms with Crippen molar-refractivity contribution in [3.8, 4) is 11.5 Å². The van der Waals surface area contributed by atoms with Gasteiger partial charge in [0.25, 0.3) is 5.91 Å². The van der Waals surface area contributed by atoms with Crippen molar-refractivity contribution in [2.45, 2.75) is 6.92 Å². The van der Waals surface area contributed by atoms with Gasteiger partial charge in [0.15, 0.2) is 6.61 Å². The van der Waals surface area contributed by atoms with E-state index in [-0.39, 0.29) is 23.0 Å². The second-order valence-electron chi connectivity index (χ2n) is 5.36. The summed E-state index contributed by atoms with van der Waals surface area (Å²) in [7, 11) is 0. The second-order valence-corrected chi connectivity index (χ2v) is 5.77. The summed E-state index contributed by atoms with van der Waals surface area (Å²) in [6.07, 6.45) is 1.18. The predicted octanol–water partition coefficient (Wildman–Crippen LogP) is 3.86. The van der Waals surface area contributed by atoms with Crippen molar-refractivity contribution in [1.82, 2.24) is 0 Å². The Balaban J connectivity index is 1.61. The number of hydrogen-bond acceptors (Lipinski definition) is 5. The van der Waals surface area contributed by atoms with Crippen LogP contribution in [0.3, 0.4) is 0 Å². The molecule has 1 amide bonds.